The van der Waals surface area contributed by atoms with Crippen LogP contribution in [0.25, 0.3) is 0 Å². The second-order valence-electron chi connectivity index (χ2n) is 4.55. The van der Waals surface area contributed by atoms with Crippen molar-refractivity contribution in [2.75, 3.05) is 0 Å². The third kappa shape index (κ3) is 2.26. The molecule has 3 rings (SSSR count). The number of carbonyl (C=O) groups excluding carboxylic acids is 1. The normalized spacial score (nSPS) is 22.3. The molecule has 4 heteroatoms. The number of benzene rings is 1. The van der Waals surface area contributed by atoms with Crippen molar-refractivity contribution < 1.29 is 4.79 Å². The van der Waals surface area contributed by atoms with Crippen LogP contribution >= 0.6 is 27.3 Å². The van der Waals surface area contributed by atoms with Gasteiger partial charge in [0.1, 0.15) is 0 Å². The van der Waals surface area contributed by atoms with Gasteiger partial charge in [-0.25, -0.2) is 0 Å². The van der Waals surface area contributed by atoms with Gasteiger partial charge in [0.15, 0.2) is 5.78 Å². The number of allylic oxidation sites excluding steroid dienone is 1. The summed E-state index contributed by atoms with van der Waals surface area (Å²) in [5, 5.41) is 7.53. The molecule has 1 aromatic carbocycles. The Morgan fingerprint density at radius 3 is 2.84 bits per heavy atom. The summed E-state index contributed by atoms with van der Waals surface area (Å²) in [5.41, 5.74) is 1.78. The predicted octanol–water partition coefficient (Wildman–Crippen LogP) is 3.83. The molecule has 0 radical (unpaired) electrons. The van der Waals surface area contributed by atoms with Crippen LogP contribution in [0.2, 0.25) is 0 Å². The van der Waals surface area contributed by atoms with Crippen molar-refractivity contribution >= 4 is 33.0 Å². The van der Waals surface area contributed by atoms with E-state index in [-0.39, 0.29) is 5.78 Å². The first-order valence-electron chi connectivity index (χ1n) is 5.96. The lowest BCUT2D eigenvalue weighted by atomic mass is 9.79. The molecule has 0 spiro atoms. The van der Waals surface area contributed by atoms with E-state index in [1.54, 1.807) is 23.6 Å². The Morgan fingerprint density at radius 1 is 1.26 bits per heavy atom. The van der Waals surface area contributed by atoms with E-state index in [2.05, 4.69) is 44.8 Å². The zero-order chi connectivity index (χ0) is 13.3. The fourth-order valence-corrected chi connectivity index (χ4v) is 3.58. The Labute approximate surface area is 124 Å². The van der Waals surface area contributed by atoms with Crippen molar-refractivity contribution in [2.24, 2.45) is 0 Å². The zero-order valence-electron chi connectivity index (χ0n) is 10.1. The fraction of sp³-hybridized carbons (Fsp3) is 0.133. The molecule has 19 heavy (non-hydrogen) atoms. The van der Waals surface area contributed by atoms with E-state index >= 15 is 0 Å². The fourth-order valence-electron chi connectivity index (χ4n) is 2.45. The van der Waals surface area contributed by atoms with Crippen molar-refractivity contribution in [1.82, 2.24) is 5.32 Å². The summed E-state index contributed by atoms with van der Waals surface area (Å²) in [7, 11) is 0. The third-order valence-corrected chi connectivity index (χ3v) is 4.55. The van der Waals surface area contributed by atoms with Gasteiger partial charge in [-0.2, -0.15) is 11.3 Å². The molecular formula is C15H12BrNOS. The van der Waals surface area contributed by atoms with E-state index in [4.69, 9.17) is 0 Å². The smallest absolute Gasteiger partial charge is 0.160 e. The summed E-state index contributed by atoms with van der Waals surface area (Å²) in [6.07, 6.45) is 3.80. The van der Waals surface area contributed by atoms with Gasteiger partial charge < -0.3 is 5.32 Å². The Morgan fingerprint density at radius 2 is 2.16 bits per heavy atom. The third-order valence-electron chi connectivity index (χ3n) is 3.37. The molecule has 0 fully saturated rings. The minimum absolute atomic E-state index is 0.143. The van der Waals surface area contributed by atoms with Crippen LogP contribution < -0.4 is 5.32 Å². The van der Waals surface area contributed by atoms with Gasteiger partial charge in [-0.3, -0.25) is 4.79 Å². The predicted molar refractivity (Wildman–Crippen MR) is 81.1 cm³/mol. The summed E-state index contributed by atoms with van der Waals surface area (Å²) in [4.78, 5) is 11.9. The molecule has 1 aliphatic rings. The van der Waals surface area contributed by atoms with Gasteiger partial charge in [-0.1, -0.05) is 28.1 Å². The van der Waals surface area contributed by atoms with Crippen molar-refractivity contribution in [3.8, 4) is 0 Å². The molecule has 0 aliphatic carbocycles. The first-order chi connectivity index (χ1) is 9.21. The number of halogens is 1. The maximum Gasteiger partial charge on any atom is 0.160 e. The summed E-state index contributed by atoms with van der Waals surface area (Å²) in [5.74, 6) is 0.143. The highest BCUT2D eigenvalue weighted by Gasteiger charge is 2.37. The number of ketones is 1. The van der Waals surface area contributed by atoms with Gasteiger partial charge in [0.05, 0.1) is 5.54 Å². The lowest BCUT2D eigenvalue weighted by Gasteiger charge is -2.36. The molecule has 1 N–H and O–H groups in total. The molecule has 2 aromatic rings. The number of thiophene rings is 1. The van der Waals surface area contributed by atoms with Gasteiger partial charge in [-0.15, -0.1) is 0 Å². The molecule has 1 unspecified atom stereocenters. The van der Waals surface area contributed by atoms with E-state index in [0.29, 0.717) is 6.42 Å². The van der Waals surface area contributed by atoms with Crippen LogP contribution in [0.1, 0.15) is 17.5 Å². The lowest BCUT2D eigenvalue weighted by Crippen LogP contribution is -2.44. The molecule has 0 saturated heterocycles. The number of nitrogens with one attached hydrogen (secondary N) is 1. The van der Waals surface area contributed by atoms with Crippen LogP contribution in [0.3, 0.4) is 0 Å². The number of rotatable bonds is 2. The van der Waals surface area contributed by atoms with Crippen LogP contribution in [0.15, 0.2) is 57.8 Å². The summed E-state index contributed by atoms with van der Waals surface area (Å²) < 4.78 is 1.02. The lowest BCUT2D eigenvalue weighted by molar-refractivity contribution is -0.116. The molecule has 1 aliphatic heterocycles. The highest BCUT2D eigenvalue weighted by Crippen LogP contribution is 2.37. The van der Waals surface area contributed by atoms with E-state index < -0.39 is 5.54 Å². The highest BCUT2D eigenvalue weighted by molar-refractivity contribution is 9.10. The molecule has 0 amide bonds. The summed E-state index contributed by atoms with van der Waals surface area (Å²) >= 11 is 5.15. The molecule has 1 atom stereocenters. The van der Waals surface area contributed by atoms with E-state index in [9.17, 15) is 4.79 Å². The second kappa shape index (κ2) is 4.94. The Balaban J connectivity index is 2.17. The van der Waals surface area contributed by atoms with E-state index in [1.165, 1.54) is 0 Å². The molecule has 0 bridgehead atoms. The van der Waals surface area contributed by atoms with Crippen LogP contribution in [-0.4, -0.2) is 5.78 Å². The summed E-state index contributed by atoms with van der Waals surface area (Å²) in [6.45, 7) is 0. The van der Waals surface area contributed by atoms with Crippen molar-refractivity contribution in [1.29, 1.82) is 0 Å². The maximum atomic E-state index is 11.9. The van der Waals surface area contributed by atoms with Crippen molar-refractivity contribution in [2.45, 2.75) is 12.0 Å². The number of carbonyl (C=O) groups is 1. The average molecular weight is 334 g/mol. The second-order valence-corrected chi connectivity index (χ2v) is 6.24. The first-order valence-corrected chi connectivity index (χ1v) is 7.70. The molecule has 2 heterocycles. The number of hydrogen-bond donors (Lipinski definition) is 1. The first kappa shape index (κ1) is 12.6. The van der Waals surface area contributed by atoms with Crippen LogP contribution in [0, 0.1) is 0 Å². The number of hydrogen-bond acceptors (Lipinski definition) is 3. The maximum absolute atomic E-state index is 11.9. The Hall–Kier alpha value is -1.39. The zero-order valence-corrected chi connectivity index (χ0v) is 12.5. The Kier molecular flexibility index (Phi) is 3.29. The average Bonchev–Trinajstić information content (AvgIpc) is 2.93. The molecular weight excluding hydrogens is 322 g/mol. The molecule has 0 saturated carbocycles. The SMILES string of the molecule is O=C1C=CNC(c2ccsc2)(c2cccc(Br)c2)C1. The van der Waals surface area contributed by atoms with Crippen molar-refractivity contribution in [3.63, 3.8) is 0 Å². The van der Waals surface area contributed by atoms with Crippen LogP contribution in [0.4, 0.5) is 0 Å². The highest BCUT2D eigenvalue weighted by atomic mass is 79.9. The van der Waals surface area contributed by atoms with Crippen LogP contribution in [-0.2, 0) is 10.3 Å². The molecule has 1 aromatic heterocycles. The van der Waals surface area contributed by atoms with Gasteiger partial charge in [0.25, 0.3) is 0 Å². The minimum atomic E-state index is -0.449. The van der Waals surface area contributed by atoms with E-state index in [0.717, 1.165) is 15.6 Å². The van der Waals surface area contributed by atoms with Gasteiger partial charge in [-0.05, 0) is 46.2 Å². The largest absolute Gasteiger partial charge is 0.377 e. The van der Waals surface area contributed by atoms with Crippen LogP contribution in [0.5, 0.6) is 0 Å². The van der Waals surface area contributed by atoms with E-state index in [1.807, 2.05) is 17.5 Å². The van der Waals surface area contributed by atoms with Gasteiger partial charge in [0.2, 0.25) is 0 Å². The summed E-state index contributed by atoms with van der Waals surface area (Å²) in [6, 6.07) is 10.2. The molecule has 96 valence electrons. The van der Waals surface area contributed by atoms with Crippen molar-refractivity contribution in [3.05, 3.63) is 69.0 Å². The van der Waals surface area contributed by atoms with Gasteiger partial charge in [0, 0.05) is 17.1 Å². The molecule has 2 nitrogen and oxygen atoms in total. The standard InChI is InChI=1S/C15H12BrNOS/c16-13-3-1-2-11(8-13)15(12-5-7-19-10-12)9-14(18)4-6-17-15/h1-8,10,17H,9H2. The quantitative estimate of drug-likeness (QED) is 0.904. The monoisotopic (exact) mass is 333 g/mol. The Bertz CT molecular complexity index is 635. The minimum Gasteiger partial charge on any atom is -0.377 e. The van der Waals surface area contributed by atoms with Gasteiger partial charge >= 0.3 is 0 Å². The topological polar surface area (TPSA) is 29.1 Å².